The number of rotatable bonds is 14. The van der Waals surface area contributed by atoms with Crippen molar-refractivity contribution in [3.8, 4) is 29.1 Å². The van der Waals surface area contributed by atoms with Gasteiger partial charge in [-0.3, -0.25) is 28.9 Å². The highest BCUT2D eigenvalue weighted by Gasteiger charge is 2.76. The molecule has 2 saturated heterocycles. The number of carbonyl (C=O) groups is 6. The van der Waals surface area contributed by atoms with Crippen LogP contribution in [0.4, 0.5) is 10.5 Å². The molecule has 4 aliphatic rings. The minimum absolute atomic E-state index is 0.0470. The number of morpholine rings is 1. The predicted octanol–water partition coefficient (Wildman–Crippen LogP) is 7.50. The zero-order valence-electron chi connectivity index (χ0n) is 44.8. The Morgan fingerprint density at radius 1 is 0.750 bits per heavy atom. The number of urea groups is 1. The lowest BCUT2D eigenvalue weighted by Gasteiger charge is -2.46. The standard InChI is InChI=1S/C63H60N4O13/c1-38(40-19-9-6-10-20-40)64-62(74)66-48-29-28-39(18-17-26-46(58(70)77-4)59(71)78-5)34-47(48)63(61(66)73)52(57(69)65-31-30-43-35-50(75-2)51(76-3)36-44(43)37-65)54-60(72)80-55(42-23-13-8-14-24-42)53(41-21-11-7-12-22-41)67(54)56(63)45-25-15-16-27-49(45)79-33-32-68/h6-16,19-25,27-29,34-36,38,46,52-56,68H,26,30-33,37H2,1-5H3,(H,64,74)/t38-,52-,53-,54-,55+,56+,63-/m1/s1. The molecule has 6 aromatic carbocycles. The smallest absolute Gasteiger partial charge is 0.329 e. The summed E-state index contributed by atoms with van der Waals surface area (Å²) in [6, 6.07) is 38.2. The summed E-state index contributed by atoms with van der Waals surface area (Å²) >= 11 is 0. The van der Waals surface area contributed by atoms with Gasteiger partial charge in [-0.1, -0.05) is 121 Å². The molecule has 2 N–H and O–H groups in total. The summed E-state index contributed by atoms with van der Waals surface area (Å²) in [5, 5.41) is 13.3. The van der Waals surface area contributed by atoms with Gasteiger partial charge in [0.1, 0.15) is 29.9 Å². The second-order valence-electron chi connectivity index (χ2n) is 19.9. The number of nitrogens with zero attached hydrogens (tertiary/aromatic N) is 3. The number of nitrogens with one attached hydrogen (secondary N) is 1. The molecule has 4 aliphatic heterocycles. The minimum Gasteiger partial charge on any atom is -0.493 e. The normalized spacial score (nSPS) is 21.3. The average Bonchev–Trinajstić information content (AvgIpc) is 4.14. The molecule has 1 spiro atoms. The third-order valence-electron chi connectivity index (χ3n) is 15.7. The summed E-state index contributed by atoms with van der Waals surface area (Å²) in [6.07, 6.45) is -0.944. The zero-order valence-corrected chi connectivity index (χ0v) is 44.8. The molecule has 0 bridgehead atoms. The number of methoxy groups -OCH3 is 4. The summed E-state index contributed by atoms with van der Waals surface area (Å²) in [5.41, 5.74) is 2.49. The van der Waals surface area contributed by atoms with Gasteiger partial charge >= 0.3 is 23.9 Å². The predicted molar refractivity (Wildman–Crippen MR) is 292 cm³/mol. The molecule has 0 aliphatic carbocycles. The van der Waals surface area contributed by atoms with Crippen molar-refractivity contribution in [2.45, 2.75) is 62.0 Å². The minimum atomic E-state index is -2.21. The zero-order chi connectivity index (χ0) is 56.2. The molecule has 7 atom stereocenters. The molecule has 0 unspecified atom stereocenters. The van der Waals surface area contributed by atoms with Crippen LogP contribution >= 0.6 is 0 Å². The summed E-state index contributed by atoms with van der Waals surface area (Å²) in [5.74, 6) is 0.320. The van der Waals surface area contributed by atoms with Crippen molar-refractivity contribution < 1.29 is 62.3 Å². The van der Waals surface area contributed by atoms with Gasteiger partial charge in [-0.2, -0.15) is 0 Å². The maximum atomic E-state index is 17.1. The van der Waals surface area contributed by atoms with Crippen molar-refractivity contribution in [2.24, 2.45) is 11.8 Å². The summed E-state index contributed by atoms with van der Waals surface area (Å²) in [7, 11) is 5.37. The summed E-state index contributed by atoms with van der Waals surface area (Å²) < 4.78 is 34.3. The Bertz CT molecular complexity index is 3390. The van der Waals surface area contributed by atoms with Gasteiger partial charge < -0.3 is 43.7 Å². The van der Waals surface area contributed by atoms with E-state index >= 15 is 19.2 Å². The van der Waals surface area contributed by atoms with Crippen molar-refractivity contribution in [3.05, 3.63) is 190 Å². The number of cyclic esters (lactones) is 1. The van der Waals surface area contributed by atoms with E-state index in [0.29, 0.717) is 34.6 Å². The molecule has 2 fully saturated rings. The van der Waals surface area contributed by atoms with Crippen LogP contribution in [0, 0.1) is 23.7 Å². The van der Waals surface area contributed by atoms with Crippen LogP contribution in [0.25, 0.3) is 0 Å². The molecule has 17 nitrogen and oxygen atoms in total. The second-order valence-corrected chi connectivity index (χ2v) is 19.9. The second kappa shape index (κ2) is 23.2. The fraction of sp³-hybridized carbons (Fsp3) is 0.302. The Morgan fingerprint density at radius 2 is 1.38 bits per heavy atom. The largest absolute Gasteiger partial charge is 0.493 e. The van der Waals surface area contributed by atoms with Gasteiger partial charge in [0.05, 0.1) is 64.8 Å². The van der Waals surface area contributed by atoms with Crippen LogP contribution in [-0.2, 0) is 56.6 Å². The van der Waals surface area contributed by atoms with Crippen LogP contribution < -0.4 is 24.4 Å². The third kappa shape index (κ3) is 9.64. The maximum Gasteiger partial charge on any atom is 0.329 e. The van der Waals surface area contributed by atoms with Crippen molar-refractivity contribution >= 4 is 41.4 Å². The molecule has 0 aromatic heterocycles. The number of hydrogen-bond acceptors (Lipinski definition) is 14. The Kier molecular flexibility index (Phi) is 15.7. The quantitative estimate of drug-likeness (QED) is 0.0470. The van der Waals surface area contributed by atoms with E-state index in [1.165, 1.54) is 7.11 Å². The lowest BCUT2D eigenvalue weighted by Crippen LogP contribution is -2.57. The number of ether oxygens (including phenoxy) is 6. The molecule has 0 radical (unpaired) electrons. The number of anilines is 1. The van der Waals surface area contributed by atoms with Crippen LogP contribution in [0.15, 0.2) is 146 Å². The van der Waals surface area contributed by atoms with Gasteiger partial charge in [-0.25, -0.2) is 9.69 Å². The van der Waals surface area contributed by atoms with Crippen LogP contribution in [0.1, 0.15) is 82.1 Å². The molecule has 4 amide bonds. The summed E-state index contributed by atoms with van der Waals surface area (Å²) in [6.45, 7) is 1.48. The Balaban J connectivity index is 1.27. The van der Waals surface area contributed by atoms with Crippen molar-refractivity contribution in [3.63, 3.8) is 0 Å². The van der Waals surface area contributed by atoms with Gasteiger partial charge in [-0.15, -0.1) is 0 Å². The van der Waals surface area contributed by atoms with Gasteiger partial charge in [0.15, 0.2) is 17.4 Å². The van der Waals surface area contributed by atoms with Crippen molar-refractivity contribution in [1.82, 2.24) is 15.1 Å². The van der Waals surface area contributed by atoms with Gasteiger partial charge in [0.2, 0.25) is 11.8 Å². The highest BCUT2D eigenvalue weighted by Crippen LogP contribution is 2.67. The van der Waals surface area contributed by atoms with E-state index < -0.39 is 83.3 Å². The van der Waals surface area contributed by atoms with Crippen LogP contribution in [-0.4, -0.2) is 105 Å². The lowest BCUT2D eigenvalue weighted by atomic mass is 9.64. The molecule has 17 heteroatoms. The molecule has 80 heavy (non-hydrogen) atoms. The highest BCUT2D eigenvalue weighted by atomic mass is 16.6. The number of esters is 3. The number of aliphatic hydroxyl groups is 1. The first kappa shape index (κ1) is 54.4. The Labute approximate surface area is 463 Å². The topological polar surface area (TPSA) is 200 Å². The van der Waals surface area contributed by atoms with Crippen LogP contribution in [0.2, 0.25) is 0 Å². The van der Waals surface area contributed by atoms with E-state index in [2.05, 4.69) is 17.2 Å². The molecule has 410 valence electrons. The molecule has 0 saturated carbocycles. The maximum absolute atomic E-state index is 17.1. The average molecular weight is 1080 g/mol. The van der Waals surface area contributed by atoms with Crippen molar-refractivity contribution in [2.75, 3.05) is 53.1 Å². The molecule has 6 aromatic rings. The van der Waals surface area contributed by atoms with E-state index in [1.807, 2.05) is 108 Å². The Morgan fingerprint density at radius 3 is 2.02 bits per heavy atom. The van der Waals surface area contributed by atoms with Gasteiger partial charge in [0, 0.05) is 30.6 Å². The number of benzene rings is 6. The third-order valence-corrected chi connectivity index (χ3v) is 15.7. The van der Waals surface area contributed by atoms with E-state index in [0.717, 1.165) is 35.8 Å². The summed E-state index contributed by atoms with van der Waals surface area (Å²) in [4.78, 5) is 95.5. The van der Waals surface area contributed by atoms with E-state index in [4.69, 9.17) is 28.4 Å². The van der Waals surface area contributed by atoms with E-state index in [1.54, 1.807) is 61.4 Å². The number of aliphatic hydroxyl groups excluding tert-OH is 1. The number of fused-ring (bicyclic) bond motifs is 4. The number of para-hydroxylation sites is 1. The monoisotopic (exact) mass is 1080 g/mol. The van der Waals surface area contributed by atoms with Gasteiger partial charge in [0.25, 0.3) is 0 Å². The fourth-order valence-electron chi connectivity index (χ4n) is 12.1. The first-order valence-corrected chi connectivity index (χ1v) is 26.3. The highest BCUT2D eigenvalue weighted by molar-refractivity contribution is 6.25. The molecule has 10 rings (SSSR count). The molecular formula is C63H60N4O13. The fourth-order valence-corrected chi connectivity index (χ4v) is 12.1. The number of amides is 4. The van der Waals surface area contributed by atoms with E-state index in [-0.39, 0.29) is 55.3 Å². The van der Waals surface area contributed by atoms with E-state index in [9.17, 15) is 14.7 Å². The number of hydrogen-bond donors (Lipinski definition) is 2. The first-order valence-electron chi connectivity index (χ1n) is 26.3. The molecular weight excluding hydrogens is 1020 g/mol. The van der Waals surface area contributed by atoms with Crippen LogP contribution in [0.3, 0.4) is 0 Å². The van der Waals surface area contributed by atoms with Gasteiger partial charge in [-0.05, 0) is 83.1 Å². The van der Waals surface area contributed by atoms with Crippen LogP contribution in [0.5, 0.6) is 17.2 Å². The first-order chi connectivity index (χ1) is 38.9. The number of imide groups is 1. The van der Waals surface area contributed by atoms with Crippen molar-refractivity contribution in [1.29, 1.82) is 0 Å². The number of carbonyl (C=O) groups excluding carboxylic acids is 6. The Hall–Kier alpha value is -8.98. The lowest BCUT2D eigenvalue weighted by molar-refractivity contribution is -0.179. The molecule has 4 heterocycles. The SMILES string of the molecule is COC(=O)C(CC#Cc1ccc2c(c1)[C@]1(C(=O)N2C(=O)N[C@H](C)c2ccccc2)[C@H](c2ccccc2OCCO)N2[C@H](c3ccccc3)[C@H](c3ccccc3)OC(=O)[C@H]2[C@@H]1C(=O)N1CCc2cc(OC)c(OC)cc2C1)C(=O)OC.